The molecule has 0 unspecified atom stereocenters. The molecular formula is C16H22N2O3. The van der Waals surface area contributed by atoms with E-state index in [1.807, 2.05) is 6.92 Å². The van der Waals surface area contributed by atoms with Gasteiger partial charge in [0.05, 0.1) is 6.42 Å². The number of carbonyl (C=O) groups is 2. The highest BCUT2D eigenvalue weighted by atomic mass is 16.4. The van der Waals surface area contributed by atoms with E-state index in [-0.39, 0.29) is 17.9 Å². The summed E-state index contributed by atoms with van der Waals surface area (Å²) < 4.78 is 0. The van der Waals surface area contributed by atoms with Gasteiger partial charge in [-0.25, -0.2) is 4.79 Å². The molecule has 0 aliphatic rings. The standard InChI is InChI=1S/C16H22N2O3/c1-11(16(2,3)4)10-17-15(21)18-13-7-5-12(6-8-13)9-14(19)20/h5-8,10H,9H2,1-4H3,(H,19,20)(H2,17,18,21)/b11-10+. The zero-order valence-corrected chi connectivity index (χ0v) is 12.9. The Bertz CT molecular complexity index is 540. The summed E-state index contributed by atoms with van der Waals surface area (Å²) in [6.07, 6.45) is 1.66. The fourth-order valence-electron chi connectivity index (χ4n) is 1.44. The Morgan fingerprint density at radius 3 is 2.24 bits per heavy atom. The second-order valence-electron chi connectivity index (χ2n) is 5.94. The van der Waals surface area contributed by atoms with Gasteiger partial charge in [-0.2, -0.15) is 0 Å². The fraction of sp³-hybridized carbons (Fsp3) is 0.375. The molecule has 2 amide bonds. The minimum absolute atomic E-state index is 0.00571. The van der Waals surface area contributed by atoms with Gasteiger partial charge in [0.1, 0.15) is 0 Å². The molecular weight excluding hydrogens is 268 g/mol. The number of aliphatic carboxylic acids is 1. The lowest BCUT2D eigenvalue weighted by molar-refractivity contribution is -0.136. The zero-order chi connectivity index (χ0) is 16.0. The molecule has 114 valence electrons. The van der Waals surface area contributed by atoms with Crippen LogP contribution < -0.4 is 10.6 Å². The molecule has 0 heterocycles. The molecule has 1 aromatic rings. The summed E-state index contributed by atoms with van der Waals surface area (Å²) in [5.41, 5.74) is 2.38. The van der Waals surface area contributed by atoms with Gasteiger partial charge in [-0.1, -0.05) is 38.5 Å². The lowest BCUT2D eigenvalue weighted by atomic mass is 9.88. The zero-order valence-electron chi connectivity index (χ0n) is 12.9. The molecule has 0 fully saturated rings. The Labute approximate surface area is 125 Å². The smallest absolute Gasteiger partial charge is 0.323 e. The van der Waals surface area contributed by atoms with Crippen molar-refractivity contribution in [3.8, 4) is 0 Å². The Morgan fingerprint density at radius 2 is 1.76 bits per heavy atom. The van der Waals surface area contributed by atoms with Crippen LogP contribution in [0.25, 0.3) is 0 Å². The van der Waals surface area contributed by atoms with Crippen molar-refractivity contribution < 1.29 is 14.7 Å². The van der Waals surface area contributed by atoms with Crippen molar-refractivity contribution in [3.05, 3.63) is 41.6 Å². The van der Waals surface area contributed by atoms with Crippen molar-refractivity contribution >= 4 is 17.7 Å². The Hall–Kier alpha value is -2.30. The minimum Gasteiger partial charge on any atom is -0.481 e. The number of nitrogens with one attached hydrogen (secondary N) is 2. The van der Waals surface area contributed by atoms with Gasteiger partial charge in [0, 0.05) is 11.9 Å². The predicted octanol–water partition coefficient (Wildman–Crippen LogP) is 3.39. The Kier molecular flexibility index (Phi) is 5.52. The Morgan fingerprint density at radius 1 is 1.19 bits per heavy atom. The number of urea groups is 1. The normalized spacial score (nSPS) is 11.9. The third-order valence-electron chi connectivity index (χ3n) is 3.17. The second-order valence-corrected chi connectivity index (χ2v) is 5.94. The first-order valence-electron chi connectivity index (χ1n) is 6.74. The summed E-state index contributed by atoms with van der Waals surface area (Å²) in [6, 6.07) is 6.39. The third-order valence-corrected chi connectivity index (χ3v) is 3.17. The van der Waals surface area contributed by atoms with E-state index < -0.39 is 5.97 Å². The molecule has 0 bridgehead atoms. The van der Waals surface area contributed by atoms with Crippen molar-refractivity contribution in [3.63, 3.8) is 0 Å². The molecule has 0 saturated heterocycles. The van der Waals surface area contributed by atoms with E-state index in [0.29, 0.717) is 11.3 Å². The molecule has 0 aromatic heterocycles. The number of anilines is 1. The number of hydrogen-bond acceptors (Lipinski definition) is 2. The number of benzene rings is 1. The van der Waals surface area contributed by atoms with Gasteiger partial charge in [-0.05, 0) is 30.0 Å². The van der Waals surface area contributed by atoms with Crippen molar-refractivity contribution in [2.75, 3.05) is 5.32 Å². The quantitative estimate of drug-likeness (QED) is 0.795. The number of carboxylic acid groups (broad SMARTS) is 1. The maximum absolute atomic E-state index is 11.7. The Balaban J connectivity index is 2.57. The topological polar surface area (TPSA) is 78.4 Å². The van der Waals surface area contributed by atoms with Gasteiger partial charge in [0.2, 0.25) is 0 Å². The molecule has 0 spiro atoms. The number of amides is 2. The van der Waals surface area contributed by atoms with Gasteiger partial charge in [-0.3, -0.25) is 4.79 Å². The molecule has 0 saturated carbocycles. The number of allylic oxidation sites excluding steroid dienone is 1. The van der Waals surface area contributed by atoms with Gasteiger partial charge < -0.3 is 15.7 Å². The first-order chi connectivity index (χ1) is 9.68. The van der Waals surface area contributed by atoms with Crippen LogP contribution in [0.4, 0.5) is 10.5 Å². The monoisotopic (exact) mass is 290 g/mol. The van der Waals surface area contributed by atoms with Crippen LogP contribution in [0.5, 0.6) is 0 Å². The molecule has 0 radical (unpaired) electrons. The number of hydrogen-bond donors (Lipinski definition) is 3. The van der Waals surface area contributed by atoms with Gasteiger partial charge >= 0.3 is 12.0 Å². The van der Waals surface area contributed by atoms with E-state index in [1.54, 1.807) is 30.5 Å². The van der Waals surface area contributed by atoms with E-state index in [1.165, 1.54) is 0 Å². The summed E-state index contributed by atoms with van der Waals surface area (Å²) in [5, 5.41) is 14.0. The van der Waals surface area contributed by atoms with Crippen LogP contribution in [0.15, 0.2) is 36.0 Å². The molecule has 0 aliphatic heterocycles. The number of rotatable bonds is 4. The molecule has 0 atom stereocenters. The predicted molar refractivity (Wildman–Crippen MR) is 83.1 cm³/mol. The molecule has 5 nitrogen and oxygen atoms in total. The van der Waals surface area contributed by atoms with Gasteiger partial charge in [0.25, 0.3) is 0 Å². The van der Waals surface area contributed by atoms with Crippen molar-refractivity contribution in [2.24, 2.45) is 5.41 Å². The minimum atomic E-state index is -0.878. The lowest BCUT2D eigenvalue weighted by Crippen LogP contribution is -2.25. The van der Waals surface area contributed by atoms with Crippen LogP contribution in [0, 0.1) is 5.41 Å². The van der Waals surface area contributed by atoms with Crippen LogP contribution in [0.3, 0.4) is 0 Å². The van der Waals surface area contributed by atoms with E-state index in [2.05, 4.69) is 31.4 Å². The highest BCUT2D eigenvalue weighted by Gasteiger charge is 2.12. The highest BCUT2D eigenvalue weighted by molar-refractivity contribution is 5.89. The molecule has 1 aromatic carbocycles. The number of carbonyl (C=O) groups excluding carboxylic acids is 1. The second kappa shape index (κ2) is 6.92. The molecule has 5 heteroatoms. The van der Waals surface area contributed by atoms with Crippen molar-refractivity contribution in [1.29, 1.82) is 0 Å². The molecule has 1 rings (SSSR count). The van der Waals surface area contributed by atoms with Crippen LogP contribution in [0.1, 0.15) is 33.3 Å². The summed E-state index contributed by atoms with van der Waals surface area (Å²) in [4.78, 5) is 22.3. The molecule has 0 aliphatic carbocycles. The lowest BCUT2D eigenvalue weighted by Gasteiger charge is -2.19. The summed E-state index contributed by atoms with van der Waals surface area (Å²) in [7, 11) is 0. The van der Waals surface area contributed by atoms with Crippen LogP contribution >= 0.6 is 0 Å². The van der Waals surface area contributed by atoms with E-state index >= 15 is 0 Å². The van der Waals surface area contributed by atoms with Crippen LogP contribution in [-0.4, -0.2) is 17.1 Å². The third kappa shape index (κ3) is 6.12. The van der Waals surface area contributed by atoms with E-state index in [9.17, 15) is 9.59 Å². The fourth-order valence-corrected chi connectivity index (χ4v) is 1.44. The van der Waals surface area contributed by atoms with Crippen molar-refractivity contribution in [1.82, 2.24) is 5.32 Å². The average Bonchev–Trinajstić information content (AvgIpc) is 2.36. The summed E-state index contributed by atoms with van der Waals surface area (Å²) >= 11 is 0. The highest BCUT2D eigenvalue weighted by Crippen LogP contribution is 2.23. The largest absolute Gasteiger partial charge is 0.481 e. The van der Waals surface area contributed by atoms with Gasteiger partial charge in [-0.15, -0.1) is 0 Å². The average molecular weight is 290 g/mol. The van der Waals surface area contributed by atoms with Crippen LogP contribution in [0.2, 0.25) is 0 Å². The van der Waals surface area contributed by atoms with E-state index in [0.717, 1.165) is 5.57 Å². The van der Waals surface area contributed by atoms with Crippen LogP contribution in [-0.2, 0) is 11.2 Å². The SMILES string of the molecule is C/C(=C\NC(=O)Nc1ccc(CC(=O)O)cc1)C(C)(C)C. The number of carboxylic acids is 1. The summed E-state index contributed by atoms with van der Waals surface area (Å²) in [5.74, 6) is -0.878. The first kappa shape index (κ1) is 16.8. The van der Waals surface area contributed by atoms with E-state index in [4.69, 9.17) is 5.11 Å². The first-order valence-corrected chi connectivity index (χ1v) is 6.74. The maximum atomic E-state index is 11.7. The summed E-state index contributed by atoms with van der Waals surface area (Å²) in [6.45, 7) is 8.17. The molecule has 3 N–H and O–H groups in total. The molecule has 21 heavy (non-hydrogen) atoms. The van der Waals surface area contributed by atoms with Crippen molar-refractivity contribution in [2.45, 2.75) is 34.1 Å². The maximum Gasteiger partial charge on any atom is 0.323 e. The van der Waals surface area contributed by atoms with Gasteiger partial charge in [0.15, 0.2) is 0 Å².